The number of anilines is 1. The molecule has 1 aliphatic rings. The van der Waals surface area contributed by atoms with E-state index in [0.29, 0.717) is 10.9 Å². The minimum atomic E-state index is -1.45. The van der Waals surface area contributed by atoms with Gasteiger partial charge in [-0.15, -0.1) is 0 Å². The number of hydrogen-bond acceptors (Lipinski definition) is 1. The molecule has 1 N–H and O–H groups in total. The highest BCUT2D eigenvalue weighted by atomic mass is 35.5. The summed E-state index contributed by atoms with van der Waals surface area (Å²) in [6, 6.07) is 9.24. The number of benzene rings is 2. The summed E-state index contributed by atoms with van der Waals surface area (Å²) in [4.78, 5) is 0. The van der Waals surface area contributed by atoms with Crippen molar-refractivity contribution in [2.45, 2.75) is 18.9 Å². The van der Waals surface area contributed by atoms with Gasteiger partial charge < -0.3 is 5.32 Å². The molecule has 5 heteroatoms. The van der Waals surface area contributed by atoms with E-state index in [2.05, 4.69) is 5.32 Å². The number of rotatable bonds is 4. The van der Waals surface area contributed by atoms with Gasteiger partial charge in [0.2, 0.25) is 0 Å². The molecule has 1 nitrogen and oxygen atoms in total. The number of hydrogen-bond donors (Lipinski definition) is 1. The van der Waals surface area contributed by atoms with Crippen molar-refractivity contribution in [3.05, 3.63) is 64.4 Å². The molecule has 0 aromatic heterocycles. The predicted octanol–water partition coefficient (Wildman–Crippen LogP) is 5.32. The van der Waals surface area contributed by atoms with Gasteiger partial charge in [-0.1, -0.05) is 23.7 Å². The molecule has 0 heterocycles. The van der Waals surface area contributed by atoms with E-state index in [-0.39, 0.29) is 11.7 Å². The van der Waals surface area contributed by atoms with Crippen molar-refractivity contribution in [1.82, 2.24) is 0 Å². The van der Waals surface area contributed by atoms with Crippen LogP contribution in [-0.2, 0) is 0 Å². The van der Waals surface area contributed by atoms with Crippen molar-refractivity contribution in [3.63, 3.8) is 0 Å². The highest BCUT2D eigenvalue weighted by Gasteiger charge is 2.33. The van der Waals surface area contributed by atoms with E-state index >= 15 is 0 Å². The first kappa shape index (κ1) is 14.3. The molecule has 1 aliphatic carbocycles. The molecule has 2 aromatic rings. The maximum atomic E-state index is 13.8. The predicted molar refractivity (Wildman–Crippen MR) is 76.9 cm³/mol. The lowest BCUT2D eigenvalue weighted by molar-refractivity contribution is 0.448. The zero-order chi connectivity index (χ0) is 15.0. The fraction of sp³-hybridized carbons (Fsp3) is 0.250. The second-order valence-electron chi connectivity index (χ2n) is 5.23. The van der Waals surface area contributed by atoms with Crippen LogP contribution in [0.5, 0.6) is 0 Å². The van der Waals surface area contributed by atoms with Gasteiger partial charge >= 0.3 is 0 Å². The first-order valence-electron chi connectivity index (χ1n) is 6.72. The molecule has 110 valence electrons. The second-order valence-corrected chi connectivity index (χ2v) is 5.67. The van der Waals surface area contributed by atoms with Crippen LogP contribution in [0.25, 0.3) is 0 Å². The number of halogens is 4. The van der Waals surface area contributed by atoms with Crippen LogP contribution >= 0.6 is 11.6 Å². The molecule has 1 atom stereocenters. The minimum Gasteiger partial charge on any atom is -0.376 e. The third kappa shape index (κ3) is 3.00. The topological polar surface area (TPSA) is 12.0 Å². The Balaban J connectivity index is 1.89. The molecular weight excluding hydrogens is 299 g/mol. The van der Waals surface area contributed by atoms with Crippen LogP contribution in [0.2, 0.25) is 5.02 Å². The molecule has 0 aliphatic heterocycles. The fourth-order valence-corrected chi connectivity index (χ4v) is 2.50. The fourth-order valence-electron chi connectivity index (χ4n) is 2.38. The Morgan fingerprint density at radius 2 is 1.62 bits per heavy atom. The summed E-state index contributed by atoms with van der Waals surface area (Å²) < 4.78 is 40.1. The second kappa shape index (κ2) is 5.60. The SMILES string of the molecule is Fc1ccc(NC(c2ccc(Cl)cc2)C2CC2)c(F)c1F. The van der Waals surface area contributed by atoms with Gasteiger partial charge in [0.25, 0.3) is 0 Å². The average Bonchev–Trinajstić information content (AvgIpc) is 3.30. The quantitative estimate of drug-likeness (QED) is 0.753. The normalized spacial score (nSPS) is 15.8. The van der Waals surface area contributed by atoms with Crippen LogP contribution in [0.1, 0.15) is 24.4 Å². The first-order chi connectivity index (χ1) is 10.1. The van der Waals surface area contributed by atoms with Crippen molar-refractivity contribution < 1.29 is 13.2 Å². The average molecular weight is 312 g/mol. The lowest BCUT2D eigenvalue weighted by atomic mass is 10.0. The summed E-state index contributed by atoms with van der Waals surface area (Å²) in [6.07, 6.45) is 2.04. The standard InChI is InChI=1S/C16H13ClF3N/c17-11-5-3-10(4-6-11)16(9-1-2-9)21-13-8-7-12(18)14(19)15(13)20/h3-9,16,21H,1-2H2. The molecule has 0 radical (unpaired) electrons. The maximum absolute atomic E-state index is 13.8. The lowest BCUT2D eigenvalue weighted by Gasteiger charge is -2.20. The molecule has 1 unspecified atom stereocenters. The van der Waals surface area contributed by atoms with Crippen molar-refractivity contribution in [2.75, 3.05) is 5.32 Å². The summed E-state index contributed by atoms with van der Waals surface area (Å²) in [5.41, 5.74) is 0.923. The van der Waals surface area contributed by atoms with Crippen LogP contribution in [0.4, 0.5) is 18.9 Å². The van der Waals surface area contributed by atoms with Crippen molar-refractivity contribution >= 4 is 17.3 Å². The molecule has 0 spiro atoms. The van der Waals surface area contributed by atoms with Gasteiger partial charge in [-0.25, -0.2) is 13.2 Å². The van der Waals surface area contributed by atoms with Crippen molar-refractivity contribution in [2.24, 2.45) is 5.92 Å². The highest BCUT2D eigenvalue weighted by molar-refractivity contribution is 6.30. The lowest BCUT2D eigenvalue weighted by Crippen LogP contribution is -2.14. The van der Waals surface area contributed by atoms with Gasteiger partial charge in [-0.3, -0.25) is 0 Å². The molecule has 1 saturated carbocycles. The van der Waals surface area contributed by atoms with Gasteiger partial charge in [0.15, 0.2) is 17.5 Å². The molecule has 2 aromatic carbocycles. The molecule has 0 bridgehead atoms. The largest absolute Gasteiger partial charge is 0.376 e. The first-order valence-corrected chi connectivity index (χ1v) is 7.09. The molecular formula is C16H13ClF3N. The van der Waals surface area contributed by atoms with Gasteiger partial charge in [0.1, 0.15) is 0 Å². The molecule has 0 saturated heterocycles. The molecule has 0 amide bonds. The highest BCUT2D eigenvalue weighted by Crippen LogP contribution is 2.43. The molecule has 1 fully saturated rings. The third-order valence-corrected chi connectivity index (χ3v) is 3.92. The van der Waals surface area contributed by atoms with Gasteiger partial charge in [0, 0.05) is 5.02 Å². The van der Waals surface area contributed by atoms with E-state index in [4.69, 9.17) is 11.6 Å². The Morgan fingerprint density at radius 1 is 0.952 bits per heavy atom. The van der Waals surface area contributed by atoms with Crippen LogP contribution < -0.4 is 5.32 Å². The minimum absolute atomic E-state index is 0.0271. The van der Waals surface area contributed by atoms with Gasteiger partial charge in [-0.05, 0) is 48.6 Å². The smallest absolute Gasteiger partial charge is 0.196 e. The maximum Gasteiger partial charge on any atom is 0.196 e. The summed E-state index contributed by atoms with van der Waals surface area (Å²) in [6.45, 7) is 0. The Hall–Kier alpha value is -1.68. The van der Waals surface area contributed by atoms with Gasteiger partial charge in [-0.2, -0.15) is 0 Å². The Labute approximate surface area is 125 Å². The third-order valence-electron chi connectivity index (χ3n) is 3.67. The van der Waals surface area contributed by atoms with E-state index in [1.165, 1.54) is 6.07 Å². The van der Waals surface area contributed by atoms with Crippen LogP contribution in [-0.4, -0.2) is 0 Å². The number of nitrogens with one attached hydrogen (secondary N) is 1. The summed E-state index contributed by atoms with van der Waals surface area (Å²) in [7, 11) is 0. The van der Waals surface area contributed by atoms with Crippen LogP contribution in [0, 0.1) is 23.4 Å². The van der Waals surface area contributed by atoms with E-state index in [9.17, 15) is 13.2 Å². The van der Waals surface area contributed by atoms with Crippen molar-refractivity contribution in [1.29, 1.82) is 0 Å². The Bertz CT molecular complexity index is 653. The van der Waals surface area contributed by atoms with E-state index in [1.54, 1.807) is 12.1 Å². The zero-order valence-corrected chi connectivity index (χ0v) is 11.8. The summed E-state index contributed by atoms with van der Waals surface area (Å²) in [5.74, 6) is -3.47. The summed E-state index contributed by atoms with van der Waals surface area (Å²) in [5, 5.41) is 3.61. The van der Waals surface area contributed by atoms with E-state index in [0.717, 1.165) is 24.5 Å². The van der Waals surface area contributed by atoms with E-state index < -0.39 is 17.5 Å². The Morgan fingerprint density at radius 3 is 2.24 bits per heavy atom. The van der Waals surface area contributed by atoms with Crippen molar-refractivity contribution in [3.8, 4) is 0 Å². The van der Waals surface area contributed by atoms with E-state index in [1.807, 2.05) is 12.1 Å². The monoisotopic (exact) mass is 311 g/mol. The molecule has 21 heavy (non-hydrogen) atoms. The van der Waals surface area contributed by atoms with Crippen LogP contribution in [0.15, 0.2) is 36.4 Å². The Kier molecular flexibility index (Phi) is 3.81. The summed E-state index contributed by atoms with van der Waals surface area (Å²) >= 11 is 5.86. The van der Waals surface area contributed by atoms with Gasteiger partial charge in [0.05, 0.1) is 11.7 Å². The zero-order valence-electron chi connectivity index (χ0n) is 11.0. The van der Waals surface area contributed by atoms with Crippen LogP contribution in [0.3, 0.4) is 0 Å². The molecule has 3 rings (SSSR count).